The number of rotatable bonds is 1. The van der Waals surface area contributed by atoms with Crippen LogP contribution in [0.5, 0.6) is 0 Å². The Labute approximate surface area is 90.9 Å². The van der Waals surface area contributed by atoms with Crippen molar-refractivity contribution in [2.45, 2.75) is 12.5 Å². The van der Waals surface area contributed by atoms with Crippen LogP contribution in [0.3, 0.4) is 0 Å². The summed E-state index contributed by atoms with van der Waals surface area (Å²) in [5, 5.41) is 18.9. The quantitative estimate of drug-likeness (QED) is 0.645. The molecule has 0 spiro atoms. The Kier molecular flexibility index (Phi) is 2.88. The van der Waals surface area contributed by atoms with E-state index in [-0.39, 0.29) is 0 Å². The number of amidine groups is 1. The molecule has 0 amide bonds. The molecule has 1 aromatic carbocycles. The lowest BCUT2D eigenvalue weighted by atomic mass is 10.2. The van der Waals surface area contributed by atoms with Crippen molar-refractivity contribution in [1.82, 2.24) is 5.48 Å². The topological polar surface area (TPSA) is 74.1 Å². The van der Waals surface area contributed by atoms with Crippen molar-refractivity contribution in [3.63, 3.8) is 0 Å². The van der Waals surface area contributed by atoms with Gasteiger partial charge in [0.15, 0.2) is 5.84 Å². The van der Waals surface area contributed by atoms with Gasteiger partial charge in [0.05, 0.1) is 0 Å². The second-order valence-corrected chi connectivity index (χ2v) is 3.45. The molecule has 0 saturated heterocycles. The van der Waals surface area contributed by atoms with E-state index in [1.807, 2.05) is 0 Å². The van der Waals surface area contributed by atoms with Crippen LogP contribution in [0.2, 0.25) is 5.02 Å². The Morgan fingerprint density at radius 1 is 1.27 bits per heavy atom. The Morgan fingerprint density at radius 3 is 2.53 bits per heavy atom. The molecule has 1 heterocycles. The van der Waals surface area contributed by atoms with Crippen LogP contribution in [0.25, 0.3) is 0 Å². The van der Waals surface area contributed by atoms with Gasteiger partial charge in [-0.05, 0) is 24.3 Å². The van der Waals surface area contributed by atoms with E-state index in [1.54, 1.807) is 24.3 Å². The molecule has 1 aliphatic rings. The lowest BCUT2D eigenvalue weighted by molar-refractivity contribution is -0.188. The fraction of sp³-hybridized carbons (Fsp3) is 0.222. The number of aliphatic imine (C=N–C) groups is 1. The molecular formula is C9H9ClN2O3. The minimum Gasteiger partial charge on any atom is -0.367 e. The summed E-state index contributed by atoms with van der Waals surface area (Å²) < 4.78 is 0. The maximum atomic E-state index is 9.24. The number of benzene rings is 1. The van der Waals surface area contributed by atoms with Crippen LogP contribution in [-0.4, -0.2) is 28.6 Å². The van der Waals surface area contributed by atoms with Gasteiger partial charge < -0.3 is 10.2 Å². The summed E-state index contributed by atoms with van der Waals surface area (Å²) in [7, 11) is 0. The second-order valence-electron chi connectivity index (χ2n) is 3.01. The lowest BCUT2D eigenvalue weighted by Gasteiger charge is -2.22. The summed E-state index contributed by atoms with van der Waals surface area (Å²) in [6.07, 6.45) is -2.63. The summed E-state index contributed by atoms with van der Waals surface area (Å²) in [5.74, 6) is 0.351. The number of aliphatic hydroxyl groups excluding tert-OH is 2. The average molecular weight is 229 g/mol. The fourth-order valence-corrected chi connectivity index (χ4v) is 1.27. The first-order valence-electron chi connectivity index (χ1n) is 4.28. The molecular weight excluding hydrogens is 220 g/mol. The molecule has 5 nitrogen and oxygen atoms in total. The van der Waals surface area contributed by atoms with Crippen LogP contribution in [0.4, 0.5) is 0 Å². The number of hydroxylamine groups is 1. The van der Waals surface area contributed by atoms with E-state index in [1.165, 1.54) is 0 Å². The predicted molar refractivity (Wildman–Crippen MR) is 54.2 cm³/mol. The van der Waals surface area contributed by atoms with E-state index >= 15 is 0 Å². The number of halogens is 1. The van der Waals surface area contributed by atoms with Crippen LogP contribution in [0, 0.1) is 0 Å². The van der Waals surface area contributed by atoms with E-state index in [0.717, 1.165) is 0 Å². The van der Waals surface area contributed by atoms with Gasteiger partial charge in [0.25, 0.3) is 0 Å². The van der Waals surface area contributed by atoms with Gasteiger partial charge in [0.2, 0.25) is 12.5 Å². The van der Waals surface area contributed by atoms with E-state index in [4.69, 9.17) is 16.7 Å². The van der Waals surface area contributed by atoms with Crippen molar-refractivity contribution in [2.75, 3.05) is 0 Å². The first kappa shape index (κ1) is 10.4. The zero-order valence-electron chi connectivity index (χ0n) is 7.59. The van der Waals surface area contributed by atoms with Gasteiger partial charge >= 0.3 is 0 Å². The zero-order chi connectivity index (χ0) is 10.8. The Hall–Kier alpha value is -1.14. The van der Waals surface area contributed by atoms with E-state index in [9.17, 15) is 5.11 Å². The average Bonchev–Trinajstić information content (AvgIpc) is 2.23. The summed E-state index contributed by atoms with van der Waals surface area (Å²) in [4.78, 5) is 8.49. The van der Waals surface area contributed by atoms with Gasteiger partial charge in [-0.2, -0.15) is 0 Å². The van der Waals surface area contributed by atoms with Crippen molar-refractivity contribution in [3.05, 3.63) is 34.9 Å². The van der Waals surface area contributed by atoms with Gasteiger partial charge in [-0.1, -0.05) is 11.6 Å². The molecule has 0 unspecified atom stereocenters. The van der Waals surface area contributed by atoms with E-state index in [0.29, 0.717) is 16.4 Å². The van der Waals surface area contributed by atoms with Crippen LogP contribution in [-0.2, 0) is 4.84 Å². The number of aliphatic hydroxyl groups is 2. The van der Waals surface area contributed by atoms with Crippen molar-refractivity contribution >= 4 is 17.4 Å². The fourth-order valence-electron chi connectivity index (χ4n) is 1.14. The smallest absolute Gasteiger partial charge is 0.228 e. The molecule has 2 atom stereocenters. The molecule has 0 saturated carbocycles. The predicted octanol–water partition coefficient (Wildman–Crippen LogP) is 0.258. The van der Waals surface area contributed by atoms with Gasteiger partial charge in [-0.25, -0.2) is 15.3 Å². The maximum Gasteiger partial charge on any atom is 0.228 e. The molecule has 15 heavy (non-hydrogen) atoms. The SMILES string of the molecule is O[C@@H]1N=C(c2ccc(Cl)cc2)NO[C@H]1O. The van der Waals surface area contributed by atoms with Crippen molar-refractivity contribution in [1.29, 1.82) is 0 Å². The molecule has 3 N–H and O–H groups in total. The van der Waals surface area contributed by atoms with E-state index < -0.39 is 12.5 Å². The monoisotopic (exact) mass is 228 g/mol. The summed E-state index contributed by atoms with van der Waals surface area (Å²) >= 11 is 5.72. The van der Waals surface area contributed by atoms with Crippen LogP contribution >= 0.6 is 11.6 Å². The van der Waals surface area contributed by atoms with E-state index in [2.05, 4.69) is 15.3 Å². The highest BCUT2D eigenvalue weighted by Gasteiger charge is 2.23. The molecule has 1 aliphatic heterocycles. The van der Waals surface area contributed by atoms with Crippen molar-refractivity contribution in [3.8, 4) is 0 Å². The van der Waals surface area contributed by atoms with Gasteiger partial charge in [0, 0.05) is 10.6 Å². The molecule has 6 heteroatoms. The standard InChI is InChI=1S/C9H9ClN2O3/c10-6-3-1-5(2-4-6)7-11-8(13)9(14)15-12-7/h1-4,8-9,13-14H,(H,11,12)/t8-,9+/m0/s1. The Morgan fingerprint density at radius 2 is 1.93 bits per heavy atom. The molecule has 0 fully saturated rings. The van der Waals surface area contributed by atoms with Crippen LogP contribution in [0.15, 0.2) is 29.3 Å². The minimum absolute atomic E-state index is 0.351. The Balaban J connectivity index is 2.24. The molecule has 80 valence electrons. The summed E-state index contributed by atoms with van der Waals surface area (Å²) in [5.41, 5.74) is 3.15. The number of nitrogens with one attached hydrogen (secondary N) is 1. The van der Waals surface area contributed by atoms with Gasteiger partial charge in [-0.3, -0.25) is 0 Å². The summed E-state index contributed by atoms with van der Waals surface area (Å²) in [6.45, 7) is 0. The highest BCUT2D eigenvalue weighted by molar-refractivity contribution is 6.30. The molecule has 0 radical (unpaired) electrons. The highest BCUT2D eigenvalue weighted by Crippen LogP contribution is 2.12. The van der Waals surface area contributed by atoms with Crippen LogP contribution < -0.4 is 5.48 Å². The lowest BCUT2D eigenvalue weighted by Crippen LogP contribution is -2.42. The van der Waals surface area contributed by atoms with Crippen molar-refractivity contribution < 1.29 is 15.1 Å². The second kappa shape index (κ2) is 4.16. The molecule has 2 rings (SSSR count). The molecule has 0 aromatic heterocycles. The zero-order valence-corrected chi connectivity index (χ0v) is 8.35. The molecule has 0 aliphatic carbocycles. The first-order chi connectivity index (χ1) is 7.16. The van der Waals surface area contributed by atoms with Gasteiger partial charge in [-0.15, -0.1) is 0 Å². The first-order valence-corrected chi connectivity index (χ1v) is 4.66. The minimum atomic E-state index is -1.35. The Bertz CT molecular complexity index is 379. The normalized spacial score (nSPS) is 25.7. The highest BCUT2D eigenvalue weighted by atomic mass is 35.5. The third-order valence-electron chi connectivity index (χ3n) is 1.91. The maximum absolute atomic E-state index is 9.24. The number of nitrogens with zero attached hydrogens (tertiary/aromatic N) is 1. The van der Waals surface area contributed by atoms with Crippen LogP contribution in [0.1, 0.15) is 5.56 Å². The summed E-state index contributed by atoms with van der Waals surface area (Å²) in [6, 6.07) is 6.83. The van der Waals surface area contributed by atoms with Crippen molar-refractivity contribution in [2.24, 2.45) is 4.99 Å². The molecule has 0 bridgehead atoms. The van der Waals surface area contributed by atoms with Gasteiger partial charge in [0.1, 0.15) is 0 Å². The number of hydrogen-bond donors (Lipinski definition) is 3. The third kappa shape index (κ3) is 2.27. The number of hydrogen-bond acceptors (Lipinski definition) is 5. The third-order valence-corrected chi connectivity index (χ3v) is 2.16. The molecule has 1 aromatic rings. The largest absolute Gasteiger partial charge is 0.367 e.